The monoisotopic (exact) mass is 697 g/mol. The van der Waals surface area contributed by atoms with Gasteiger partial charge in [0.05, 0.1) is 42.1 Å². The van der Waals surface area contributed by atoms with Gasteiger partial charge in [0.2, 0.25) is 5.78 Å². The molecule has 0 spiro atoms. The van der Waals surface area contributed by atoms with Gasteiger partial charge in [-0.25, -0.2) is 4.79 Å². The number of nitrogens with one attached hydrogen (secondary N) is 2. The topological polar surface area (TPSA) is 284 Å². The molecule has 0 saturated carbocycles. The van der Waals surface area contributed by atoms with Gasteiger partial charge in [-0.05, 0) is 13.0 Å². The predicted octanol–water partition coefficient (Wildman–Crippen LogP) is -0.853. The molecule has 2 heterocycles. The number of ketones is 3. The third-order valence-electron chi connectivity index (χ3n) is 8.87. The number of benzene rings is 2. The molecule has 50 heavy (non-hydrogen) atoms. The fourth-order valence-electron chi connectivity index (χ4n) is 6.41. The number of carbonyl (C=O) groups is 5. The molecule has 17 nitrogen and oxygen atoms in total. The maximum Gasteiger partial charge on any atom is 0.352 e. The standard InChI is InChI=1S/C27H29NO11.C6H6N2O3/c1-10-22(31)13(28)6-17(38-10)39-15-8-27(36,16(30)9-29)7-12-19(15)26(35)21-20(24(12)33)23(32)11-4-3-5-14(37-2)18(11)25(21)34;1-3-7-4(6(10)11)2-5(9)8-3/h3-5,10,13,15,17,22,29,31,33,35-36H,6-9,28H2,1-2H3;2,7H,1H2,(H,8,9)(H,10,11)/t10-,13-,15-,17-,22+,27-;/m0./s1. The van der Waals surface area contributed by atoms with Crippen molar-refractivity contribution in [3.63, 3.8) is 0 Å². The van der Waals surface area contributed by atoms with Crippen molar-refractivity contribution in [2.75, 3.05) is 13.7 Å². The normalized spacial score (nSPS) is 26.9. The number of aliphatic hydroxyl groups is 3. The molecule has 0 radical (unpaired) electrons. The number of aromatic hydroxyl groups is 2. The molecular weight excluding hydrogens is 662 g/mol. The summed E-state index contributed by atoms with van der Waals surface area (Å²) in [6.45, 7) is 3.91. The van der Waals surface area contributed by atoms with Crippen molar-refractivity contribution in [1.29, 1.82) is 0 Å². The second kappa shape index (κ2) is 13.6. The average molecular weight is 698 g/mol. The lowest BCUT2D eigenvalue weighted by molar-refractivity contribution is -0.247. The van der Waals surface area contributed by atoms with Crippen LogP contribution in [0.4, 0.5) is 0 Å². The molecule has 0 unspecified atom stereocenters. The smallest absolute Gasteiger partial charge is 0.352 e. The number of aliphatic hydroxyl groups excluding tert-OH is 2. The number of nitrogens with two attached hydrogens (primary N) is 1. The van der Waals surface area contributed by atoms with E-state index in [9.17, 15) is 49.5 Å². The molecule has 0 bridgehead atoms. The van der Waals surface area contributed by atoms with Crippen molar-refractivity contribution in [3.8, 4) is 17.2 Å². The predicted molar refractivity (Wildman–Crippen MR) is 168 cm³/mol. The number of fused-ring (bicyclic) bond motifs is 3. The molecular formula is C33H35N3O14. The summed E-state index contributed by atoms with van der Waals surface area (Å²) in [6, 6.07) is 3.64. The summed E-state index contributed by atoms with van der Waals surface area (Å²) in [5, 5.41) is 66.8. The number of Topliss-reactive ketones (excluding diaryl/α,β-unsaturated/α-hetero) is 1. The fraction of sp³-hybridized carbons (Fsp3) is 0.364. The zero-order chi connectivity index (χ0) is 36.8. The first-order chi connectivity index (χ1) is 23.5. The number of rotatable bonds is 6. The molecule has 6 atom stereocenters. The number of hydrogen-bond donors (Lipinski definition) is 9. The van der Waals surface area contributed by atoms with Crippen molar-refractivity contribution in [1.82, 2.24) is 10.6 Å². The summed E-state index contributed by atoms with van der Waals surface area (Å²) in [7, 11) is 1.32. The van der Waals surface area contributed by atoms with E-state index >= 15 is 0 Å². The van der Waals surface area contributed by atoms with Gasteiger partial charge in [0.15, 0.2) is 17.9 Å². The Kier molecular flexibility index (Phi) is 9.84. The lowest BCUT2D eigenvalue weighted by Crippen LogP contribution is -2.53. The lowest BCUT2D eigenvalue weighted by Gasteiger charge is -2.42. The summed E-state index contributed by atoms with van der Waals surface area (Å²) < 4.78 is 17.0. The highest BCUT2D eigenvalue weighted by Gasteiger charge is 2.50. The number of hydrogen-bond acceptors (Lipinski definition) is 15. The van der Waals surface area contributed by atoms with Crippen LogP contribution in [0.15, 0.2) is 42.4 Å². The van der Waals surface area contributed by atoms with Crippen LogP contribution in [0.3, 0.4) is 0 Å². The number of phenolic OH excluding ortho intramolecular Hbond substituents is 2. The first kappa shape index (κ1) is 36.1. The molecule has 266 valence electrons. The number of ether oxygens (including phenoxy) is 3. The van der Waals surface area contributed by atoms with E-state index in [1.54, 1.807) is 6.92 Å². The number of aliphatic carboxylic acids is 1. The van der Waals surface area contributed by atoms with Gasteiger partial charge in [-0.3, -0.25) is 19.2 Å². The molecule has 1 saturated heterocycles. The quantitative estimate of drug-likeness (QED) is 0.142. The highest BCUT2D eigenvalue weighted by Crippen LogP contribution is 2.52. The largest absolute Gasteiger partial charge is 0.507 e. The number of carboxylic acids is 1. The zero-order valence-corrected chi connectivity index (χ0v) is 26.8. The van der Waals surface area contributed by atoms with Crippen molar-refractivity contribution in [2.45, 2.75) is 62.4 Å². The molecule has 17 heteroatoms. The van der Waals surface area contributed by atoms with E-state index in [2.05, 4.69) is 17.2 Å². The minimum atomic E-state index is -2.24. The number of carbonyl (C=O) groups excluding carboxylic acids is 4. The zero-order valence-electron chi connectivity index (χ0n) is 26.8. The van der Waals surface area contributed by atoms with Crippen LogP contribution in [0, 0.1) is 0 Å². The summed E-state index contributed by atoms with van der Waals surface area (Å²) in [5.41, 5.74) is 2.21. The number of methoxy groups -OCH3 is 1. The Hall–Kier alpha value is -5.17. The summed E-state index contributed by atoms with van der Waals surface area (Å²) in [5.74, 6) is -5.26. The van der Waals surface area contributed by atoms with E-state index in [1.807, 2.05) is 0 Å². The van der Waals surface area contributed by atoms with Crippen molar-refractivity contribution in [3.05, 3.63) is 75.8 Å². The van der Waals surface area contributed by atoms with Gasteiger partial charge in [0.1, 0.15) is 41.0 Å². The second-order valence-electron chi connectivity index (χ2n) is 12.1. The molecule has 2 aliphatic carbocycles. The van der Waals surface area contributed by atoms with Gasteiger partial charge in [0, 0.05) is 48.1 Å². The van der Waals surface area contributed by atoms with Crippen molar-refractivity contribution >= 4 is 29.2 Å². The molecule has 6 rings (SSSR count). The van der Waals surface area contributed by atoms with Crippen LogP contribution in [0.2, 0.25) is 0 Å². The summed E-state index contributed by atoms with van der Waals surface area (Å²) in [4.78, 5) is 60.7. The first-order valence-electron chi connectivity index (χ1n) is 15.2. The molecule has 4 aliphatic rings. The van der Waals surface area contributed by atoms with Crippen LogP contribution in [0.1, 0.15) is 68.8 Å². The van der Waals surface area contributed by atoms with E-state index in [0.717, 1.165) is 6.08 Å². The number of carboxylic acid groups (broad SMARTS) is 1. The van der Waals surface area contributed by atoms with Gasteiger partial charge >= 0.3 is 5.97 Å². The van der Waals surface area contributed by atoms with Crippen molar-refractivity contribution < 1.29 is 68.8 Å². The SMILES string of the molecule is C=C1NC(=O)C=C(C(=O)O)N1.COc1cccc2c1C(=O)c1c(O)c3c(c(O)c1C2=O)C[C@@](O)(C(=O)CO)C[C@@H]3O[C@H]1C[C@H](N)[C@H](O)[C@H](C)O1. The Bertz CT molecular complexity index is 1840. The Morgan fingerprint density at radius 3 is 2.38 bits per heavy atom. The van der Waals surface area contributed by atoms with Gasteiger partial charge in [0.25, 0.3) is 5.91 Å². The van der Waals surface area contributed by atoms with E-state index in [0.29, 0.717) is 0 Å². The Morgan fingerprint density at radius 2 is 1.78 bits per heavy atom. The average Bonchev–Trinajstić information content (AvgIpc) is 3.06. The molecule has 2 aliphatic heterocycles. The van der Waals surface area contributed by atoms with Crippen LogP contribution >= 0.6 is 0 Å². The first-order valence-corrected chi connectivity index (χ1v) is 15.2. The highest BCUT2D eigenvalue weighted by molar-refractivity contribution is 6.31. The van der Waals surface area contributed by atoms with Gasteiger partial charge < -0.3 is 61.2 Å². The van der Waals surface area contributed by atoms with Crippen LogP contribution in [-0.2, 0) is 30.3 Å². The summed E-state index contributed by atoms with van der Waals surface area (Å²) in [6.07, 6.45) is -4.17. The van der Waals surface area contributed by atoms with Crippen LogP contribution in [0.5, 0.6) is 17.2 Å². The molecule has 2 aromatic rings. The molecule has 2 aromatic carbocycles. The van der Waals surface area contributed by atoms with E-state index in [1.165, 1.54) is 25.3 Å². The highest BCUT2D eigenvalue weighted by atomic mass is 16.7. The maximum atomic E-state index is 13.6. The Morgan fingerprint density at radius 1 is 1.10 bits per heavy atom. The maximum absolute atomic E-state index is 13.6. The Labute approximate surface area is 283 Å². The minimum absolute atomic E-state index is 0.0173. The molecule has 1 fully saturated rings. The molecule has 0 aromatic heterocycles. The van der Waals surface area contributed by atoms with Crippen LogP contribution in [0.25, 0.3) is 0 Å². The fourth-order valence-corrected chi connectivity index (χ4v) is 6.41. The van der Waals surface area contributed by atoms with Crippen LogP contribution in [-0.4, -0.2) is 104 Å². The molecule has 10 N–H and O–H groups in total. The number of phenols is 2. The summed E-state index contributed by atoms with van der Waals surface area (Å²) >= 11 is 0. The van der Waals surface area contributed by atoms with Crippen LogP contribution < -0.4 is 21.1 Å². The lowest BCUT2D eigenvalue weighted by atomic mass is 9.72. The van der Waals surface area contributed by atoms with Crippen molar-refractivity contribution in [2.24, 2.45) is 5.73 Å². The third-order valence-corrected chi connectivity index (χ3v) is 8.87. The van der Waals surface area contributed by atoms with E-state index in [4.69, 9.17) is 25.1 Å². The van der Waals surface area contributed by atoms with Gasteiger partial charge in [-0.15, -0.1) is 0 Å². The second-order valence-corrected chi connectivity index (χ2v) is 12.1. The van der Waals surface area contributed by atoms with E-state index in [-0.39, 0.29) is 45.9 Å². The number of amides is 1. The minimum Gasteiger partial charge on any atom is -0.507 e. The Balaban J connectivity index is 0.000000377. The van der Waals surface area contributed by atoms with E-state index < -0.39 is 108 Å². The third kappa shape index (κ3) is 6.33. The molecule has 1 amide bonds. The van der Waals surface area contributed by atoms with Gasteiger partial charge in [-0.1, -0.05) is 18.7 Å². The van der Waals surface area contributed by atoms with Gasteiger partial charge in [-0.2, -0.15) is 0 Å².